The van der Waals surface area contributed by atoms with E-state index >= 15 is 0 Å². The number of hydrogen-bond donors (Lipinski definition) is 0. The number of carbonyl (C=O) groups is 1. The highest BCUT2D eigenvalue weighted by Crippen LogP contribution is 2.46. The first-order chi connectivity index (χ1) is 15.1. The number of benzene rings is 1. The molecule has 168 valence electrons. The van der Waals surface area contributed by atoms with Crippen LogP contribution in [0.1, 0.15) is 62.5 Å². The second-order valence-corrected chi connectivity index (χ2v) is 9.98. The van der Waals surface area contributed by atoms with Gasteiger partial charge in [-0.3, -0.25) is 4.79 Å². The summed E-state index contributed by atoms with van der Waals surface area (Å²) in [5.74, 6) is 0.534. The molecule has 0 saturated carbocycles. The van der Waals surface area contributed by atoms with Crippen molar-refractivity contribution < 1.29 is 14.3 Å². The van der Waals surface area contributed by atoms with Gasteiger partial charge in [0.25, 0.3) is 5.91 Å². The Morgan fingerprint density at radius 2 is 2.03 bits per heavy atom. The Bertz CT molecular complexity index is 1180. The average Bonchev–Trinajstić information content (AvgIpc) is 3.39. The Morgan fingerprint density at radius 3 is 2.62 bits per heavy atom. The third kappa shape index (κ3) is 3.87. The number of ether oxygens (including phenoxy) is 2. The Balaban J connectivity index is 2.01. The summed E-state index contributed by atoms with van der Waals surface area (Å²) in [6.07, 6.45) is 1.39. The lowest BCUT2D eigenvalue weighted by atomic mass is 9.97. The lowest BCUT2D eigenvalue weighted by molar-refractivity contribution is -0.0584. The van der Waals surface area contributed by atoms with Crippen molar-refractivity contribution in [2.75, 3.05) is 14.2 Å². The molecule has 4 rings (SSSR count). The Morgan fingerprint density at radius 1 is 1.28 bits per heavy atom. The molecule has 0 fully saturated rings. The lowest BCUT2D eigenvalue weighted by Crippen LogP contribution is -2.43. The van der Waals surface area contributed by atoms with Gasteiger partial charge >= 0.3 is 0 Å². The largest absolute Gasteiger partial charge is 0.460 e. The predicted molar refractivity (Wildman–Crippen MR) is 128 cm³/mol. The number of carbonyl (C=O) groups excluding carboxylic acids is 1. The van der Waals surface area contributed by atoms with Crippen LogP contribution in [0.4, 0.5) is 0 Å². The third-order valence-corrected chi connectivity index (χ3v) is 6.25. The van der Waals surface area contributed by atoms with Crippen molar-refractivity contribution >= 4 is 23.3 Å². The second kappa shape index (κ2) is 8.22. The fourth-order valence-corrected chi connectivity index (χ4v) is 4.31. The van der Waals surface area contributed by atoms with Gasteiger partial charge in [0.15, 0.2) is 5.69 Å². The zero-order valence-corrected chi connectivity index (χ0v) is 20.4. The van der Waals surface area contributed by atoms with E-state index in [4.69, 9.17) is 14.6 Å². The molecule has 1 aliphatic heterocycles. The monoisotopic (exact) mass is 451 g/mol. The average molecular weight is 452 g/mol. The minimum Gasteiger partial charge on any atom is -0.460 e. The number of rotatable bonds is 4. The molecule has 7 heteroatoms. The van der Waals surface area contributed by atoms with Crippen LogP contribution in [0.3, 0.4) is 0 Å². The molecule has 1 aliphatic rings. The van der Waals surface area contributed by atoms with Crippen LogP contribution >= 0.6 is 11.3 Å². The molecule has 3 heterocycles. The van der Waals surface area contributed by atoms with E-state index in [2.05, 4.69) is 26.0 Å². The summed E-state index contributed by atoms with van der Waals surface area (Å²) in [6, 6.07) is 8.05. The van der Waals surface area contributed by atoms with Crippen molar-refractivity contribution in [1.82, 2.24) is 14.7 Å². The molecular formula is C25H29N3O3S. The Hall–Kier alpha value is -2.90. The first-order valence-electron chi connectivity index (χ1n) is 10.5. The van der Waals surface area contributed by atoms with Gasteiger partial charge in [0.05, 0.1) is 16.9 Å². The molecule has 32 heavy (non-hydrogen) atoms. The molecule has 3 aromatic rings. The quantitative estimate of drug-likeness (QED) is 0.493. The molecule has 0 saturated heterocycles. The number of fused-ring (bicyclic) bond motifs is 3. The molecule has 0 N–H and O–H groups in total. The van der Waals surface area contributed by atoms with Crippen LogP contribution in [-0.2, 0) is 4.74 Å². The van der Waals surface area contributed by atoms with Crippen molar-refractivity contribution in [3.63, 3.8) is 0 Å². The molecule has 0 radical (unpaired) electrons. The molecule has 1 unspecified atom stereocenters. The van der Waals surface area contributed by atoms with Gasteiger partial charge < -0.3 is 14.4 Å². The van der Waals surface area contributed by atoms with Gasteiger partial charge in [-0.1, -0.05) is 17.7 Å². The van der Waals surface area contributed by atoms with Gasteiger partial charge in [0.2, 0.25) is 6.29 Å². The SMILES string of the molecule is COC1Oc2ccc(C=C(C)C)cc2-c2c1c(C(=O)N(C)C(C)(C)C)nn2-c1ccsc1. The molecular weight excluding hydrogens is 422 g/mol. The fraction of sp³-hybridized carbons (Fsp3) is 0.360. The normalized spacial score (nSPS) is 14.9. The second-order valence-electron chi connectivity index (χ2n) is 9.20. The summed E-state index contributed by atoms with van der Waals surface area (Å²) < 4.78 is 13.7. The molecule has 0 spiro atoms. The van der Waals surface area contributed by atoms with E-state index in [1.54, 1.807) is 30.4 Å². The van der Waals surface area contributed by atoms with Crippen molar-refractivity contribution in [2.24, 2.45) is 0 Å². The molecule has 2 aromatic heterocycles. The maximum Gasteiger partial charge on any atom is 0.275 e. The number of thiophene rings is 1. The molecule has 1 amide bonds. The zero-order valence-electron chi connectivity index (χ0n) is 19.6. The summed E-state index contributed by atoms with van der Waals surface area (Å²) >= 11 is 1.58. The van der Waals surface area contributed by atoms with Crippen LogP contribution in [0.2, 0.25) is 0 Å². The number of amides is 1. The molecule has 0 bridgehead atoms. The minimum atomic E-state index is -0.730. The Kier molecular flexibility index (Phi) is 5.73. The number of nitrogens with zero attached hydrogens (tertiary/aromatic N) is 3. The van der Waals surface area contributed by atoms with Crippen LogP contribution in [0.25, 0.3) is 23.0 Å². The van der Waals surface area contributed by atoms with E-state index in [-0.39, 0.29) is 11.4 Å². The van der Waals surface area contributed by atoms with E-state index < -0.39 is 6.29 Å². The fourth-order valence-electron chi connectivity index (χ4n) is 3.70. The highest BCUT2D eigenvalue weighted by atomic mass is 32.1. The summed E-state index contributed by atoms with van der Waals surface area (Å²) in [6.45, 7) is 10.1. The van der Waals surface area contributed by atoms with Crippen LogP contribution in [-0.4, -0.2) is 40.3 Å². The summed E-state index contributed by atoms with van der Waals surface area (Å²) in [5.41, 5.74) is 5.51. The maximum absolute atomic E-state index is 13.6. The maximum atomic E-state index is 13.6. The minimum absolute atomic E-state index is 0.169. The zero-order chi connectivity index (χ0) is 23.2. The molecule has 1 aromatic carbocycles. The van der Waals surface area contributed by atoms with Crippen LogP contribution < -0.4 is 4.74 Å². The van der Waals surface area contributed by atoms with Crippen molar-refractivity contribution in [2.45, 2.75) is 46.4 Å². The number of allylic oxidation sites excluding steroid dienone is 1. The number of methoxy groups -OCH3 is 1. The summed E-state index contributed by atoms with van der Waals surface area (Å²) in [5, 5.41) is 8.83. The topological polar surface area (TPSA) is 56.6 Å². The van der Waals surface area contributed by atoms with Crippen molar-refractivity contribution in [1.29, 1.82) is 0 Å². The van der Waals surface area contributed by atoms with Crippen LogP contribution in [0, 0.1) is 0 Å². The van der Waals surface area contributed by atoms with E-state index in [1.807, 2.05) is 54.4 Å². The first kappa shape index (κ1) is 22.3. The number of hydrogen-bond acceptors (Lipinski definition) is 5. The van der Waals surface area contributed by atoms with Gasteiger partial charge in [-0.15, -0.1) is 0 Å². The highest BCUT2D eigenvalue weighted by Gasteiger charge is 2.38. The van der Waals surface area contributed by atoms with E-state index in [1.165, 1.54) is 5.57 Å². The van der Waals surface area contributed by atoms with E-state index in [0.29, 0.717) is 17.0 Å². The molecule has 6 nitrogen and oxygen atoms in total. The molecule has 1 atom stereocenters. The van der Waals surface area contributed by atoms with Gasteiger partial charge in [-0.05, 0) is 63.8 Å². The van der Waals surface area contributed by atoms with E-state index in [0.717, 1.165) is 22.5 Å². The third-order valence-electron chi connectivity index (χ3n) is 5.58. The highest BCUT2D eigenvalue weighted by molar-refractivity contribution is 7.08. The summed E-state index contributed by atoms with van der Waals surface area (Å²) in [4.78, 5) is 15.3. The van der Waals surface area contributed by atoms with Gasteiger partial charge in [0.1, 0.15) is 5.75 Å². The van der Waals surface area contributed by atoms with Crippen molar-refractivity contribution in [3.05, 3.63) is 57.4 Å². The lowest BCUT2D eigenvalue weighted by Gasteiger charge is -2.32. The Labute approximate surface area is 193 Å². The van der Waals surface area contributed by atoms with Gasteiger partial charge in [0, 0.05) is 30.6 Å². The van der Waals surface area contributed by atoms with Crippen LogP contribution in [0.15, 0.2) is 40.6 Å². The molecule has 0 aliphatic carbocycles. The number of aromatic nitrogens is 2. The van der Waals surface area contributed by atoms with Crippen molar-refractivity contribution in [3.8, 4) is 22.7 Å². The smallest absolute Gasteiger partial charge is 0.275 e. The van der Waals surface area contributed by atoms with E-state index in [9.17, 15) is 4.79 Å². The standard InChI is InChI=1S/C25H29N3O3S/c1-15(2)12-16-8-9-19-18(13-16)22-20(24(30-7)31-19)21(23(29)27(6)25(3,4)5)26-28(22)17-10-11-32-14-17/h8-14,24H,1-7H3. The first-order valence-corrected chi connectivity index (χ1v) is 11.5. The predicted octanol–water partition coefficient (Wildman–Crippen LogP) is 5.93. The summed E-state index contributed by atoms with van der Waals surface area (Å²) in [7, 11) is 3.38. The van der Waals surface area contributed by atoms with Gasteiger partial charge in [-0.2, -0.15) is 16.4 Å². The van der Waals surface area contributed by atoms with Crippen LogP contribution in [0.5, 0.6) is 5.75 Å². The van der Waals surface area contributed by atoms with Gasteiger partial charge in [-0.25, -0.2) is 4.68 Å².